The predicted octanol–water partition coefficient (Wildman–Crippen LogP) is 2.15. The zero-order chi connectivity index (χ0) is 15.1. The van der Waals surface area contributed by atoms with Crippen LogP contribution in [0.2, 0.25) is 0 Å². The van der Waals surface area contributed by atoms with Gasteiger partial charge in [-0.05, 0) is 24.4 Å². The molecule has 0 radical (unpaired) electrons. The van der Waals surface area contributed by atoms with Gasteiger partial charge in [-0.3, -0.25) is 0 Å². The molecule has 1 rings (SSSR count). The maximum Gasteiger partial charge on any atom is 0.344 e. The first-order valence-corrected chi connectivity index (χ1v) is 7.46. The Kier molecular flexibility index (Phi) is 6.74. The summed E-state index contributed by atoms with van der Waals surface area (Å²) in [6.07, 6.45) is 1.94. The van der Waals surface area contributed by atoms with Crippen LogP contribution in [0.4, 0.5) is 10.8 Å². The number of nitrogens with two attached hydrogens (primary N) is 1. The summed E-state index contributed by atoms with van der Waals surface area (Å²) in [7, 11) is 3.01. The molecule has 0 amide bonds. The van der Waals surface area contributed by atoms with E-state index in [4.69, 9.17) is 15.2 Å². The van der Waals surface area contributed by atoms with Gasteiger partial charge in [0.1, 0.15) is 10.6 Å². The molecule has 0 atom stereocenters. The van der Waals surface area contributed by atoms with Crippen LogP contribution in [0.25, 0.3) is 0 Å². The average Bonchev–Trinajstić information content (AvgIpc) is 2.84. The van der Waals surface area contributed by atoms with E-state index in [0.717, 1.165) is 17.8 Å². The van der Waals surface area contributed by atoms with Crippen LogP contribution in [0, 0.1) is 0 Å². The number of esters is 1. The van der Waals surface area contributed by atoms with Crippen molar-refractivity contribution in [2.24, 2.45) is 0 Å². The Morgan fingerprint density at radius 2 is 2.05 bits per heavy atom. The van der Waals surface area contributed by atoms with E-state index in [2.05, 4.69) is 23.1 Å². The number of nitrogen functional groups attached to an aromatic ring is 1. The number of anilines is 2. The topological polar surface area (TPSA) is 77.7 Å². The van der Waals surface area contributed by atoms with Gasteiger partial charge in [-0.15, -0.1) is 0 Å². The minimum Gasteiger partial charge on any atom is -0.465 e. The molecule has 1 heterocycles. The molecule has 2 N–H and O–H groups in total. The number of hydrogen-bond acceptors (Lipinski definition) is 7. The van der Waals surface area contributed by atoms with Gasteiger partial charge in [0.15, 0.2) is 5.82 Å². The zero-order valence-corrected chi connectivity index (χ0v) is 13.3. The number of rotatable bonds is 8. The maximum absolute atomic E-state index is 11.9. The zero-order valence-electron chi connectivity index (χ0n) is 12.5. The number of carbonyl (C=O) groups excluding carboxylic acids is 1. The highest BCUT2D eigenvalue weighted by Gasteiger charge is 2.27. The molecule has 0 aliphatic carbocycles. The number of hydrogen-bond donors (Lipinski definition) is 1. The standard InChI is InChI=1S/C13H23N3O3S/c1-5-9(6-2)16(7-8-18-3)12-10(13(17)19-4)11(14)15-20-12/h9H,5-8H2,1-4H3,(H2,14,15). The molecule has 0 fully saturated rings. The Morgan fingerprint density at radius 3 is 2.55 bits per heavy atom. The minimum absolute atomic E-state index is 0.227. The number of aromatic nitrogens is 1. The number of carbonyl (C=O) groups is 1. The summed E-state index contributed by atoms with van der Waals surface area (Å²) in [4.78, 5) is 14.0. The van der Waals surface area contributed by atoms with E-state index in [1.54, 1.807) is 7.11 Å². The Bertz CT molecular complexity index is 432. The van der Waals surface area contributed by atoms with Gasteiger partial charge in [0.25, 0.3) is 0 Å². The summed E-state index contributed by atoms with van der Waals surface area (Å²) >= 11 is 1.23. The van der Waals surface area contributed by atoms with Gasteiger partial charge >= 0.3 is 5.97 Å². The van der Waals surface area contributed by atoms with E-state index >= 15 is 0 Å². The molecule has 0 aromatic carbocycles. The summed E-state index contributed by atoms with van der Waals surface area (Å²) < 4.78 is 14.1. The van der Waals surface area contributed by atoms with Gasteiger partial charge in [-0.25, -0.2) is 4.79 Å². The molecule has 0 bridgehead atoms. The first kappa shape index (κ1) is 16.7. The molecule has 7 heteroatoms. The Balaban J connectivity index is 3.16. The van der Waals surface area contributed by atoms with Crippen molar-refractivity contribution in [3.63, 3.8) is 0 Å². The van der Waals surface area contributed by atoms with Gasteiger partial charge in [0, 0.05) is 19.7 Å². The fraction of sp³-hybridized carbons (Fsp3) is 0.692. The molecule has 0 saturated heterocycles. The minimum atomic E-state index is -0.445. The molecule has 0 aliphatic heterocycles. The molecule has 1 aromatic heterocycles. The van der Waals surface area contributed by atoms with E-state index < -0.39 is 5.97 Å². The molecule has 0 aliphatic rings. The highest BCUT2D eigenvalue weighted by Crippen LogP contribution is 2.33. The fourth-order valence-corrected chi connectivity index (χ4v) is 3.05. The summed E-state index contributed by atoms with van der Waals surface area (Å²) in [6.45, 7) is 5.51. The van der Waals surface area contributed by atoms with E-state index in [-0.39, 0.29) is 5.82 Å². The summed E-state index contributed by atoms with van der Waals surface area (Å²) in [5.74, 6) is -0.218. The first-order chi connectivity index (χ1) is 9.60. The van der Waals surface area contributed by atoms with Crippen LogP contribution >= 0.6 is 11.5 Å². The van der Waals surface area contributed by atoms with Crippen molar-refractivity contribution in [3.05, 3.63) is 5.56 Å². The molecule has 114 valence electrons. The lowest BCUT2D eigenvalue weighted by atomic mass is 10.1. The van der Waals surface area contributed by atoms with Crippen molar-refractivity contribution in [1.29, 1.82) is 0 Å². The van der Waals surface area contributed by atoms with Crippen LogP contribution in [0.15, 0.2) is 0 Å². The molecule has 0 saturated carbocycles. The van der Waals surface area contributed by atoms with Gasteiger partial charge < -0.3 is 20.1 Å². The Morgan fingerprint density at radius 1 is 1.40 bits per heavy atom. The lowest BCUT2D eigenvalue weighted by molar-refractivity contribution is 0.0602. The Hall–Kier alpha value is -1.34. The second kappa shape index (κ2) is 8.06. The lowest BCUT2D eigenvalue weighted by Crippen LogP contribution is -2.37. The van der Waals surface area contributed by atoms with Crippen LogP contribution < -0.4 is 10.6 Å². The summed E-state index contributed by atoms with van der Waals surface area (Å²) in [5, 5.41) is 0.764. The van der Waals surface area contributed by atoms with Gasteiger partial charge in [0.2, 0.25) is 0 Å². The largest absolute Gasteiger partial charge is 0.465 e. The van der Waals surface area contributed by atoms with Gasteiger partial charge in [-0.2, -0.15) is 4.37 Å². The van der Waals surface area contributed by atoms with Crippen molar-refractivity contribution < 1.29 is 14.3 Å². The quantitative estimate of drug-likeness (QED) is 0.741. The van der Waals surface area contributed by atoms with E-state index in [1.165, 1.54) is 18.6 Å². The monoisotopic (exact) mass is 301 g/mol. The maximum atomic E-state index is 11.9. The molecular formula is C13H23N3O3S. The number of ether oxygens (including phenoxy) is 2. The van der Waals surface area contributed by atoms with Crippen LogP contribution in [0.3, 0.4) is 0 Å². The van der Waals surface area contributed by atoms with Crippen LogP contribution in [0.1, 0.15) is 37.0 Å². The van der Waals surface area contributed by atoms with Crippen LogP contribution in [-0.2, 0) is 9.47 Å². The van der Waals surface area contributed by atoms with E-state index in [1.807, 2.05) is 0 Å². The smallest absolute Gasteiger partial charge is 0.344 e. The molecule has 6 nitrogen and oxygen atoms in total. The van der Waals surface area contributed by atoms with Crippen LogP contribution in [-0.4, -0.2) is 43.8 Å². The third-order valence-electron chi connectivity index (χ3n) is 3.27. The SMILES string of the molecule is CCC(CC)N(CCOC)c1snc(N)c1C(=O)OC. The molecule has 20 heavy (non-hydrogen) atoms. The molecule has 0 spiro atoms. The van der Waals surface area contributed by atoms with Crippen LogP contribution in [0.5, 0.6) is 0 Å². The van der Waals surface area contributed by atoms with Gasteiger partial charge in [-0.1, -0.05) is 13.8 Å². The summed E-state index contributed by atoms with van der Waals surface area (Å²) in [5.41, 5.74) is 6.17. The third kappa shape index (κ3) is 3.61. The summed E-state index contributed by atoms with van der Waals surface area (Å²) in [6, 6.07) is 0.313. The van der Waals surface area contributed by atoms with Crippen molar-refractivity contribution >= 4 is 28.3 Å². The van der Waals surface area contributed by atoms with Crippen molar-refractivity contribution in [2.75, 3.05) is 38.0 Å². The first-order valence-electron chi connectivity index (χ1n) is 6.69. The lowest BCUT2D eigenvalue weighted by Gasteiger charge is -2.31. The molecular weight excluding hydrogens is 278 g/mol. The Labute approximate surface area is 124 Å². The predicted molar refractivity (Wildman–Crippen MR) is 81.5 cm³/mol. The molecule has 0 unspecified atom stereocenters. The van der Waals surface area contributed by atoms with Crippen molar-refractivity contribution in [2.45, 2.75) is 32.7 Å². The number of nitrogens with zero attached hydrogens (tertiary/aromatic N) is 2. The van der Waals surface area contributed by atoms with E-state index in [9.17, 15) is 4.79 Å². The highest BCUT2D eigenvalue weighted by molar-refractivity contribution is 7.11. The normalized spacial score (nSPS) is 10.8. The van der Waals surface area contributed by atoms with E-state index in [0.29, 0.717) is 24.8 Å². The fourth-order valence-electron chi connectivity index (χ4n) is 2.15. The highest BCUT2D eigenvalue weighted by atomic mass is 32.1. The van der Waals surface area contributed by atoms with Crippen molar-refractivity contribution in [1.82, 2.24) is 4.37 Å². The number of methoxy groups -OCH3 is 2. The van der Waals surface area contributed by atoms with Gasteiger partial charge in [0.05, 0.1) is 13.7 Å². The molecule has 1 aromatic rings. The second-order valence-corrected chi connectivity index (χ2v) is 5.15. The average molecular weight is 301 g/mol. The third-order valence-corrected chi connectivity index (χ3v) is 4.17. The van der Waals surface area contributed by atoms with Crippen molar-refractivity contribution in [3.8, 4) is 0 Å². The second-order valence-electron chi connectivity index (χ2n) is 4.40.